The molecule has 0 saturated heterocycles. The first-order valence-corrected chi connectivity index (χ1v) is 3.89. The Morgan fingerprint density at radius 3 is 1.85 bits per heavy atom. The topological polar surface area (TPSA) is 72.2 Å². The molecule has 0 radical (unpaired) electrons. The molecule has 2 amide bonds. The molecule has 0 heterocycles. The van der Waals surface area contributed by atoms with Gasteiger partial charge < -0.3 is 11.1 Å². The van der Waals surface area contributed by atoms with Gasteiger partial charge in [0.15, 0.2) is 5.67 Å². The van der Waals surface area contributed by atoms with E-state index in [4.69, 9.17) is 5.73 Å². The minimum atomic E-state index is -2.01. The minimum Gasteiger partial charge on any atom is -0.368 e. The summed E-state index contributed by atoms with van der Waals surface area (Å²) in [6, 6.07) is 0. The number of amides is 2. The van der Waals surface area contributed by atoms with Gasteiger partial charge in [-0.2, -0.15) is 0 Å². The molecule has 0 aliphatic heterocycles. The lowest BCUT2D eigenvalue weighted by Crippen LogP contribution is -2.56. The fraction of sp³-hybridized carbons (Fsp3) is 0.750. The molecule has 0 bridgehead atoms. The molecule has 13 heavy (non-hydrogen) atoms. The third-order valence-electron chi connectivity index (χ3n) is 1.58. The van der Waals surface area contributed by atoms with Crippen molar-refractivity contribution >= 4 is 11.8 Å². The highest BCUT2D eigenvalue weighted by molar-refractivity contribution is 5.92. The van der Waals surface area contributed by atoms with Crippen molar-refractivity contribution in [3.63, 3.8) is 0 Å². The Hall–Kier alpha value is -1.13. The Balaban J connectivity index is 4.47. The number of carbonyl (C=O) groups excluding carboxylic acids is 2. The number of carbonyl (C=O) groups is 2. The second kappa shape index (κ2) is 3.32. The van der Waals surface area contributed by atoms with Crippen LogP contribution in [-0.4, -0.2) is 23.0 Å². The zero-order valence-electron chi connectivity index (χ0n) is 8.27. The quantitative estimate of drug-likeness (QED) is 0.663. The summed E-state index contributed by atoms with van der Waals surface area (Å²) in [6.07, 6.45) is 0. The van der Waals surface area contributed by atoms with E-state index in [1.54, 1.807) is 0 Å². The summed E-state index contributed by atoms with van der Waals surface area (Å²) in [5.41, 5.74) is 1.76. The maximum atomic E-state index is 13.0. The van der Waals surface area contributed by atoms with Gasteiger partial charge in [0.1, 0.15) is 5.54 Å². The normalized spacial score (nSPS) is 12.4. The van der Waals surface area contributed by atoms with Crippen LogP contribution in [0.1, 0.15) is 27.7 Å². The van der Waals surface area contributed by atoms with E-state index in [9.17, 15) is 14.0 Å². The minimum absolute atomic E-state index is 0.704. The van der Waals surface area contributed by atoms with Gasteiger partial charge in [-0.3, -0.25) is 9.59 Å². The van der Waals surface area contributed by atoms with Crippen molar-refractivity contribution in [2.24, 2.45) is 5.73 Å². The molecule has 0 rings (SSSR count). The van der Waals surface area contributed by atoms with Crippen molar-refractivity contribution in [2.75, 3.05) is 0 Å². The van der Waals surface area contributed by atoms with Crippen molar-refractivity contribution in [2.45, 2.75) is 38.9 Å². The van der Waals surface area contributed by atoms with Gasteiger partial charge in [-0.05, 0) is 27.7 Å². The predicted octanol–water partition coefficient (Wildman–Crippen LogP) is 0.115. The lowest BCUT2D eigenvalue weighted by atomic mass is 10.0. The van der Waals surface area contributed by atoms with Gasteiger partial charge in [-0.25, -0.2) is 4.39 Å². The van der Waals surface area contributed by atoms with E-state index in [-0.39, 0.29) is 0 Å². The molecule has 0 aromatic carbocycles. The molecule has 0 atom stereocenters. The standard InChI is InChI=1S/C8H15FN2O2/c1-7(2,9)6(13)11-8(3,4)5(10)12/h1-4H3,(H2,10,12)(H,11,13). The number of rotatable bonds is 3. The van der Waals surface area contributed by atoms with Gasteiger partial charge >= 0.3 is 0 Å². The maximum Gasteiger partial charge on any atom is 0.257 e. The third kappa shape index (κ3) is 3.40. The first-order chi connectivity index (χ1) is 5.57. The van der Waals surface area contributed by atoms with Gasteiger partial charge in [0, 0.05) is 0 Å². The Morgan fingerprint density at radius 1 is 1.23 bits per heavy atom. The molecule has 0 aliphatic rings. The summed E-state index contributed by atoms with van der Waals surface area (Å²) < 4.78 is 13.0. The van der Waals surface area contributed by atoms with Crippen LogP contribution < -0.4 is 11.1 Å². The number of alkyl halides is 1. The van der Waals surface area contributed by atoms with E-state index in [0.29, 0.717) is 0 Å². The van der Waals surface area contributed by atoms with Gasteiger partial charge in [-0.1, -0.05) is 0 Å². The van der Waals surface area contributed by atoms with E-state index < -0.39 is 23.0 Å². The Kier molecular flexibility index (Phi) is 3.03. The molecule has 0 fully saturated rings. The molecule has 0 spiro atoms. The molecule has 76 valence electrons. The van der Waals surface area contributed by atoms with Crippen LogP contribution in [-0.2, 0) is 9.59 Å². The molecule has 0 aliphatic carbocycles. The average Bonchev–Trinajstić information content (AvgIpc) is 1.83. The van der Waals surface area contributed by atoms with Crippen LogP contribution in [0.5, 0.6) is 0 Å². The van der Waals surface area contributed by atoms with Gasteiger partial charge in [0.05, 0.1) is 0 Å². The molecule has 0 unspecified atom stereocenters. The van der Waals surface area contributed by atoms with Crippen LogP contribution in [0.25, 0.3) is 0 Å². The lowest BCUT2D eigenvalue weighted by molar-refractivity contribution is -0.136. The predicted molar refractivity (Wildman–Crippen MR) is 46.6 cm³/mol. The number of halogens is 1. The fourth-order valence-electron chi connectivity index (χ4n) is 0.494. The molecule has 5 heteroatoms. The molecule has 0 aromatic rings. The average molecular weight is 190 g/mol. The highest BCUT2D eigenvalue weighted by Gasteiger charge is 2.34. The summed E-state index contributed by atoms with van der Waals surface area (Å²) in [6.45, 7) is 5.05. The first kappa shape index (κ1) is 11.9. The molecular formula is C8H15FN2O2. The Labute approximate surface area is 76.7 Å². The van der Waals surface area contributed by atoms with E-state index in [0.717, 1.165) is 13.8 Å². The van der Waals surface area contributed by atoms with E-state index in [2.05, 4.69) is 5.32 Å². The SMILES string of the molecule is CC(C)(F)C(=O)NC(C)(C)C(N)=O. The van der Waals surface area contributed by atoms with Crippen molar-refractivity contribution in [1.82, 2.24) is 5.32 Å². The molecule has 0 aromatic heterocycles. The summed E-state index contributed by atoms with van der Waals surface area (Å²) in [7, 11) is 0. The number of nitrogens with one attached hydrogen (secondary N) is 1. The zero-order valence-corrected chi connectivity index (χ0v) is 8.27. The van der Waals surface area contributed by atoms with Crippen LogP contribution in [0.15, 0.2) is 0 Å². The highest BCUT2D eigenvalue weighted by atomic mass is 19.1. The second-order valence-electron chi connectivity index (χ2n) is 3.92. The number of hydrogen-bond donors (Lipinski definition) is 2. The van der Waals surface area contributed by atoms with E-state index >= 15 is 0 Å². The summed E-state index contributed by atoms with van der Waals surface area (Å²) >= 11 is 0. The second-order valence-corrected chi connectivity index (χ2v) is 3.92. The third-order valence-corrected chi connectivity index (χ3v) is 1.58. The summed E-state index contributed by atoms with van der Waals surface area (Å²) in [5, 5.41) is 2.21. The monoisotopic (exact) mass is 190 g/mol. The summed E-state index contributed by atoms with van der Waals surface area (Å²) in [5.74, 6) is -1.55. The van der Waals surface area contributed by atoms with Gasteiger partial charge in [0.25, 0.3) is 5.91 Å². The van der Waals surface area contributed by atoms with Crippen LogP contribution in [0, 0.1) is 0 Å². The van der Waals surface area contributed by atoms with E-state index in [1.165, 1.54) is 13.8 Å². The van der Waals surface area contributed by atoms with Gasteiger partial charge in [-0.15, -0.1) is 0 Å². The van der Waals surface area contributed by atoms with E-state index in [1.807, 2.05) is 0 Å². The molecule has 4 nitrogen and oxygen atoms in total. The van der Waals surface area contributed by atoms with Crippen LogP contribution in [0.4, 0.5) is 4.39 Å². The number of primary amides is 1. The number of nitrogens with two attached hydrogens (primary N) is 1. The first-order valence-electron chi connectivity index (χ1n) is 3.89. The lowest BCUT2D eigenvalue weighted by Gasteiger charge is -2.25. The van der Waals surface area contributed by atoms with Crippen molar-refractivity contribution in [3.8, 4) is 0 Å². The molecule has 3 N–H and O–H groups in total. The molecule has 0 saturated carbocycles. The van der Waals surface area contributed by atoms with Crippen molar-refractivity contribution in [3.05, 3.63) is 0 Å². The maximum absolute atomic E-state index is 13.0. The van der Waals surface area contributed by atoms with Crippen molar-refractivity contribution < 1.29 is 14.0 Å². The number of hydrogen-bond acceptors (Lipinski definition) is 2. The highest BCUT2D eigenvalue weighted by Crippen LogP contribution is 2.11. The Bertz CT molecular complexity index is 231. The smallest absolute Gasteiger partial charge is 0.257 e. The largest absolute Gasteiger partial charge is 0.368 e. The van der Waals surface area contributed by atoms with Crippen LogP contribution in [0.2, 0.25) is 0 Å². The van der Waals surface area contributed by atoms with Gasteiger partial charge in [0.2, 0.25) is 5.91 Å². The summed E-state index contributed by atoms with van der Waals surface area (Å²) in [4.78, 5) is 21.9. The van der Waals surface area contributed by atoms with Crippen LogP contribution >= 0.6 is 0 Å². The molecular weight excluding hydrogens is 175 g/mol. The fourth-order valence-corrected chi connectivity index (χ4v) is 0.494. The zero-order chi connectivity index (χ0) is 10.9. The Morgan fingerprint density at radius 2 is 1.62 bits per heavy atom. The van der Waals surface area contributed by atoms with Crippen LogP contribution in [0.3, 0.4) is 0 Å². The van der Waals surface area contributed by atoms with Crippen molar-refractivity contribution in [1.29, 1.82) is 0 Å².